The minimum absolute atomic E-state index is 0.297. The Kier molecular flexibility index (Phi) is 8.65. The predicted molar refractivity (Wildman–Crippen MR) is 167 cm³/mol. The fourth-order valence-electron chi connectivity index (χ4n) is 5.08. The van der Waals surface area contributed by atoms with Crippen LogP contribution in [-0.4, -0.2) is 26.4 Å². The molecule has 0 aliphatic heterocycles. The Hall–Kier alpha value is -4.15. The van der Waals surface area contributed by atoms with Gasteiger partial charge in [-0.05, 0) is 29.2 Å². The maximum Gasteiger partial charge on any atom is 0.239 e. The predicted octanol–water partition coefficient (Wildman–Crippen LogP) is 6.01. The number of imidazole rings is 1. The molecule has 5 aromatic rings. The third-order valence-electron chi connectivity index (χ3n) is 6.99. The maximum absolute atomic E-state index is 4.77. The molecule has 0 aliphatic carbocycles. The number of rotatable bonds is 10. The lowest BCUT2D eigenvalue weighted by Gasteiger charge is -2.19. The van der Waals surface area contributed by atoms with Crippen LogP contribution in [0, 0.1) is 0 Å². The Morgan fingerprint density at radius 1 is 0.789 bits per heavy atom. The lowest BCUT2D eigenvalue weighted by atomic mass is 9.65. The molecule has 1 aromatic heterocycles. The molecule has 0 radical (unpaired) electrons. The van der Waals surface area contributed by atoms with Crippen LogP contribution in [-0.2, 0) is 6.17 Å². The topological polar surface area (TPSA) is 17.8 Å². The van der Waals surface area contributed by atoms with Gasteiger partial charge in [-0.1, -0.05) is 144 Å². The Labute approximate surface area is 229 Å². The van der Waals surface area contributed by atoms with Gasteiger partial charge in [0.2, 0.25) is 7.28 Å². The molecule has 38 heavy (non-hydrogen) atoms. The molecule has 0 atom stereocenters. The molecule has 5 rings (SSSR count). The molecule has 186 valence electrons. The van der Waals surface area contributed by atoms with Crippen LogP contribution in [0.5, 0.6) is 0 Å². The lowest BCUT2D eigenvalue weighted by molar-refractivity contribution is 0.904. The second-order valence-electron chi connectivity index (χ2n) is 9.65. The molecule has 0 saturated carbocycles. The van der Waals surface area contributed by atoms with E-state index in [-0.39, 0.29) is 0 Å². The number of aromatic nitrogens is 2. The molecule has 0 aliphatic rings. The van der Waals surface area contributed by atoms with Crippen molar-refractivity contribution in [3.63, 3.8) is 0 Å². The highest BCUT2D eigenvalue weighted by Gasteiger charge is 2.16. The number of hydrogen-bond acceptors (Lipinski definition) is 1. The Balaban J connectivity index is 1.35. The van der Waals surface area contributed by atoms with Crippen LogP contribution in [0.15, 0.2) is 145 Å². The van der Waals surface area contributed by atoms with Gasteiger partial charge >= 0.3 is 0 Å². The van der Waals surface area contributed by atoms with E-state index in [1.54, 1.807) is 0 Å². The summed E-state index contributed by atoms with van der Waals surface area (Å²) in [6.07, 6.45) is 7.42. The summed E-state index contributed by atoms with van der Waals surface area (Å²) in [7, 11) is 0.314. The Morgan fingerprint density at radius 3 is 1.95 bits per heavy atom. The van der Waals surface area contributed by atoms with Crippen molar-refractivity contribution in [3.8, 4) is 0 Å². The first kappa shape index (κ1) is 25.5. The standard InChI is InChI=1S/C34H33BN2Si/c1-27(33(30-18-10-4-11-19-30)31-20-12-5-13-21-31)25-38-26-37-23-22-36-34(37)35-32(29-16-8-3-9-17-29)24-28-14-6-2-7-15-28/h2-25,33,35H,26,38H2,1H3. The van der Waals surface area contributed by atoms with E-state index in [1.165, 1.54) is 33.3 Å². The molecule has 0 saturated heterocycles. The average Bonchev–Trinajstić information content (AvgIpc) is 3.42. The zero-order chi connectivity index (χ0) is 26.0. The third kappa shape index (κ3) is 6.59. The number of hydrogen-bond donors (Lipinski definition) is 0. The smallest absolute Gasteiger partial charge is 0.239 e. The summed E-state index contributed by atoms with van der Waals surface area (Å²) in [5.74, 6) is 0.297. The molecule has 2 nitrogen and oxygen atoms in total. The molecule has 4 heteroatoms. The van der Waals surface area contributed by atoms with Crippen molar-refractivity contribution in [3.05, 3.63) is 167 Å². The lowest BCUT2D eigenvalue weighted by Crippen LogP contribution is -2.29. The van der Waals surface area contributed by atoms with Gasteiger partial charge in [-0.3, -0.25) is 4.98 Å². The first-order chi connectivity index (χ1) is 18.8. The van der Waals surface area contributed by atoms with Gasteiger partial charge in [0.05, 0.1) is 15.2 Å². The fraction of sp³-hybridized carbons (Fsp3) is 0.0882. The third-order valence-corrected chi connectivity index (χ3v) is 8.67. The second-order valence-corrected chi connectivity index (χ2v) is 11.1. The van der Waals surface area contributed by atoms with Crippen LogP contribution >= 0.6 is 0 Å². The number of benzene rings is 4. The van der Waals surface area contributed by atoms with Gasteiger partial charge in [-0.15, -0.1) is 0 Å². The van der Waals surface area contributed by atoms with Crippen molar-refractivity contribution in [2.75, 3.05) is 0 Å². The SMILES string of the molecule is CC(=C[SiH2]Cn1ccnc1BC(=Cc1ccccc1)c1ccccc1)C(c1ccccc1)c1ccccc1. The van der Waals surface area contributed by atoms with Gasteiger partial charge in [-0.25, -0.2) is 0 Å². The highest BCUT2D eigenvalue weighted by Crippen LogP contribution is 2.31. The normalized spacial score (nSPS) is 12.4. The summed E-state index contributed by atoms with van der Waals surface area (Å²) in [4.78, 5) is 4.77. The van der Waals surface area contributed by atoms with E-state index in [0.29, 0.717) is 5.92 Å². The summed E-state index contributed by atoms with van der Waals surface area (Å²) in [5.41, 5.74) is 11.5. The van der Waals surface area contributed by atoms with Gasteiger partial charge < -0.3 is 4.57 Å². The van der Waals surface area contributed by atoms with Crippen molar-refractivity contribution in [2.24, 2.45) is 0 Å². The Bertz CT molecular complexity index is 1440. The maximum atomic E-state index is 4.77. The van der Waals surface area contributed by atoms with Crippen LogP contribution < -0.4 is 5.72 Å². The van der Waals surface area contributed by atoms with Crippen LogP contribution in [0.4, 0.5) is 0 Å². The summed E-state index contributed by atoms with van der Waals surface area (Å²) in [5, 5.41) is 0. The minimum Gasteiger partial charge on any atom is -0.346 e. The van der Waals surface area contributed by atoms with Gasteiger partial charge in [-0.2, -0.15) is 0 Å². The van der Waals surface area contributed by atoms with Gasteiger partial charge in [0.25, 0.3) is 0 Å². The summed E-state index contributed by atoms with van der Waals surface area (Å²) in [6, 6.07) is 43.0. The number of nitrogens with zero attached hydrogens (tertiary/aromatic N) is 2. The van der Waals surface area contributed by atoms with Crippen molar-refractivity contribution in [1.82, 2.24) is 9.55 Å². The monoisotopic (exact) mass is 508 g/mol. The molecular formula is C34H33BN2Si. The molecule has 0 spiro atoms. The van der Waals surface area contributed by atoms with E-state index in [0.717, 1.165) is 19.2 Å². The molecule has 1 heterocycles. The number of allylic oxidation sites excluding steroid dienone is 1. The molecule has 0 amide bonds. The molecule has 0 unspecified atom stereocenters. The van der Waals surface area contributed by atoms with Crippen LogP contribution in [0.2, 0.25) is 0 Å². The molecule has 0 N–H and O–H groups in total. The zero-order valence-corrected chi connectivity index (χ0v) is 23.4. The molecule has 4 aromatic carbocycles. The summed E-state index contributed by atoms with van der Waals surface area (Å²) < 4.78 is 2.36. The van der Waals surface area contributed by atoms with E-state index in [2.05, 4.69) is 151 Å². The second kappa shape index (κ2) is 12.9. The van der Waals surface area contributed by atoms with Gasteiger partial charge in [0, 0.05) is 24.5 Å². The Morgan fingerprint density at radius 2 is 1.34 bits per heavy atom. The first-order valence-electron chi connectivity index (χ1n) is 13.4. The fourth-order valence-corrected chi connectivity index (χ4v) is 6.58. The van der Waals surface area contributed by atoms with Crippen LogP contribution in [0.25, 0.3) is 11.5 Å². The zero-order valence-electron chi connectivity index (χ0n) is 21.9. The van der Waals surface area contributed by atoms with Crippen molar-refractivity contribution in [2.45, 2.75) is 19.0 Å². The molecular weight excluding hydrogens is 475 g/mol. The van der Waals surface area contributed by atoms with Crippen molar-refractivity contribution >= 4 is 34.1 Å². The quantitative estimate of drug-likeness (QED) is 0.167. The molecule has 0 fully saturated rings. The van der Waals surface area contributed by atoms with E-state index >= 15 is 0 Å². The largest absolute Gasteiger partial charge is 0.346 e. The minimum atomic E-state index is -0.491. The van der Waals surface area contributed by atoms with E-state index in [1.807, 2.05) is 6.20 Å². The highest BCUT2D eigenvalue weighted by atomic mass is 28.2. The van der Waals surface area contributed by atoms with Crippen molar-refractivity contribution < 1.29 is 0 Å². The van der Waals surface area contributed by atoms with E-state index in [4.69, 9.17) is 4.98 Å². The van der Waals surface area contributed by atoms with E-state index < -0.39 is 9.52 Å². The highest BCUT2D eigenvalue weighted by molar-refractivity contribution is 6.73. The van der Waals surface area contributed by atoms with Crippen molar-refractivity contribution in [1.29, 1.82) is 0 Å². The van der Waals surface area contributed by atoms with E-state index in [9.17, 15) is 0 Å². The van der Waals surface area contributed by atoms with Crippen LogP contribution in [0.1, 0.15) is 35.1 Å². The first-order valence-corrected chi connectivity index (χ1v) is 15.2. The summed E-state index contributed by atoms with van der Waals surface area (Å²) in [6.45, 7) is 2.29. The average molecular weight is 509 g/mol. The summed E-state index contributed by atoms with van der Waals surface area (Å²) >= 11 is 0. The van der Waals surface area contributed by atoms with Gasteiger partial charge in [0.15, 0.2) is 0 Å². The van der Waals surface area contributed by atoms with Crippen LogP contribution in [0.3, 0.4) is 0 Å². The van der Waals surface area contributed by atoms with Gasteiger partial charge in [0.1, 0.15) is 0 Å². The molecule has 0 bridgehead atoms.